The first kappa shape index (κ1) is 14.2. The van der Waals surface area contributed by atoms with E-state index in [9.17, 15) is 13.6 Å². The van der Waals surface area contributed by atoms with Gasteiger partial charge in [-0.25, -0.2) is 8.78 Å². The molecule has 1 unspecified atom stereocenters. The van der Waals surface area contributed by atoms with Gasteiger partial charge in [0, 0.05) is 37.0 Å². The van der Waals surface area contributed by atoms with E-state index in [-0.39, 0.29) is 17.9 Å². The maximum atomic E-state index is 13.6. The lowest BCUT2D eigenvalue weighted by atomic mass is 10.1. The van der Waals surface area contributed by atoms with Crippen molar-refractivity contribution in [3.8, 4) is 0 Å². The standard InChI is InChI=1S/C14H15F2N3O/c1-10(12-4-3-11(15)9-13(12)16)18-14(20)5-8-19-7-2-6-17-19/h2-4,6-7,9-10H,5,8H2,1H3,(H,18,20). The molecule has 0 saturated heterocycles. The molecule has 0 aliphatic rings. The summed E-state index contributed by atoms with van der Waals surface area (Å²) >= 11 is 0. The van der Waals surface area contributed by atoms with Crippen LogP contribution in [0.4, 0.5) is 8.78 Å². The third-order valence-electron chi connectivity index (χ3n) is 2.93. The molecule has 0 aliphatic heterocycles. The molecule has 0 fully saturated rings. The van der Waals surface area contributed by atoms with Crippen LogP contribution in [0.25, 0.3) is 0 Å². The monoisotopic (exact) mass is 279 g/mol. The van der Waals surface area contributed by atoms with Crippen molar-refractivity contribution in [3.05, 3.63) is 53.9 Å². The summed E-state index contributed by atoms with van der Waals surface area (Å²) in [6.07, 6.45) is 3.64. The second-order valence-corrected chi connectivity index (χ2v) is 4.47. The zero-order valence-electron chi connectivity index (χ0n) is 11.0. The summed E-state index contributed by atoms with van der Waals surface area (Å²) in [5.41, 5.74) is 0.263. The molecule has 1 amide bonds. The van der Waals surface area contributed by atoms with Gasteiger partial charge < -0.3 is 5.32 Å². The zero-order chi connectivity index (χ0) is 14.5. The van der Waals surface area contributed by atoms with Gasteiger partial charge in [0.05, 0.1) is 6.04 Å². The predicted molar refractivity (Wildman–Crippen MR) is 69.8 cm³/mol. The van der Waals surface area contributed by atoms with Crippen molar-refractivity contribution in [3.63, 3.8) is 0 Å². The topological polar surface area (TPSA) is 46.9 Å². The van der Waals surface area contributed by atoms with Gasteiger partial charge in [0.15, 0.2) is 0 Å². The highest BCUT2D eigenvalue weighted by Gasteiger charge is 2.14. The Morgan fingerprint density at radius 1 is 1.45 bits per heavy atom. The second-order valence-electron chi connectivity index (χ2n) is 4.47. The second kappa shape index (κ2) is 6.27. The maximum Gasteiger partial charge on any atom is 0.222 e. The third kappa shape index (κ3) is 3.63. The molecule has 6 heteroatoms. The van der Waals surface area contributed by atoms with Gasteiger partial charge in [-0.05, 0) is 19.1 Å². The van der Waals surface area contributed by atoms with Crippen LogP contribution >= 0.6 is 0 Å². The van der Waals surface area contributed by atoms with Gasteiger partial charge >= 0.3 is 0 Å². The highest BCUT2D eigenvalue weighted by molar-refractivity contribution is 5.76. The average Bonchev–Trinajstić information content (AvgIpc) is 2.89. The number of halogens is 2. The summed E-state index contributed by atoms with van der Waals surface area (Å²) in [5.74, 6) is -1.51. The van der Waals surface area contributed by atoms with Crippen LogP contribution in [0.15, 0.2) is 36.7 Å². The molecule has 2 aromatic rings. The first-order chi connectivity index (χ1) is 9.56. The highest BCUT2D eigenvalue weighted by atomic mass is 19.1. The minimum Gasteiger partial charge on any atom is -0.349 e. The van der Waals surface area contributed by atoms with Crippen molar-refractivity contribution >= 4 is 5.91 Å². The van der Waals surface area contributed by atoms with Crippen LogP contribution in [-0.2, 0) is 11.3 Å². The Hall–Kier alpha value is -2.24. The van der Waals surface area contributed by atoms with Crippen LogP contribution in [0.1, 0.15) is 24.9 Å². The minimum absolute atomic E-state index is 0.211. The van der Waals surface area contributed by atoms with Crippen molar-refractivity contribution in [2.75, 3.05) is 0 Å². The summed E-state index contributed by atoms with van der Waals surface area (Å²) in [7, 11) is 0. The quantitative estimate of drug-likeness (QED) is 0.913. The van der Waals surface area contributed by atoms with Crippen molar-refractivity contribution in [1.82, 2.24) is 15.1 Å². The van der Waals surface area contributed by atoms with Crippen LogP contribution < -0.4 is 5.32 Å². The van der Waals surface area contributed by atoms with E-state index in [2.05, 4.69) is 10.4 Å². The molecule has 1 aromatic carbocycles. The number of aromatic nitrogens is 2. The first-order valence-corrected chi connectivity index (χ1v) is 6.28. The van der Waals surface area contributed by atoms with Gasteiger partial charge in [-0.2, -0.15) is 5.10 Å². The fraction of sp³-hybridized carbons (Fsp3) is 0.286. The number of benzene rings is 1. The highest BCUT2D eigenvalue weighted by Crippen LogP contribution is 2.17. The van der Waals surface area contributed by atoms with Gasteiger partial charge in [0.2, 0.25) is 5.91 Å². The van der Waals surface area contributed by atoms with E-state index in [1.165, 1.54) is 12.1 Å². The predicted octanol–water partition coefficient (Wildman–Crippen LogP) is 2.43. The summed E-state index contributed by atoms with van der Waals surface area (Å²) in [6, 6.07) is 4.57. The van der Waals surface area contributed by atoms with E-state index in [0.29, 0.717) is 6.54 Å². The molecule has 0 radical (unpaired) electrons. The molecule has 0 bridgehead atoms. The molecule has 1 N–H and O–H groups in total. The van der Waals surface area contributed by atoms with Crippen molar-refractivity contribution < 1.29 is 13.6 Å². The lowest BCUT2D eigenvalue weighted by Crippen LogP contribution is -2.28. The van der Waals surface area contributed by atoms with Gasteiger partial charge in [-0.1, -0.05) is 6.07 Å². The van der Waals surface area contributed by atoms with Crippen molar-refractivity contribution in [1.29, 1.82) is 0 Å². The van der Waals surface area contributed by atoms with Gasteiger partial charge in [-0.3, -0.25) is 9.48 Å². The molecule has 1 aromatic heterocycles. The molecule has 0 spiro atoms. The molecule has 2 rings (SSSR count). The van der Waals surface area contributed by atoms with Crippen LogP contribution in [0, 0.1) is 11.6 Å². The number of rotatable bonds is 5. The molecule has 1 heterocycles. The lowest BCUT2D eigenvalue weighted by molar-refractivity contribution is -0.122. The number of amides is 1. The number of aryl methyl sites for hydroxylation is 1. The summed E-state index contributed by atoms with van der Waals surface area (Å²) in [4.78, 5) is 11.8. The smallest absolute Gasteiger partial charge is 0.222 e. The lowest BCUT2D eigenvalue weighted by Gasteiger charge is -2.15. The molecule has 0 saturated carbocycles. The zero-order valence-corrected chi connectivity index (χ0v) is 11.0. The van der Waals surface area contributed by atoms with E-state index in [1.54, 1.807) is 30.1 Å². The fourth-order valence-corrected chi connectivity index (χ4v) is 1.89. The van der Waals surface area contributed by atoms with Crippen LogP contribution in [0.2, 0.25) is 0 Å². The summed E-state index contributed by atoms with van der Waals surface area (Å²) in [6.45, 7) is 2.11. The number of hydrogen-bond acceptors (Lipinski definition) is 2. The largest absolute Gasteiger partial charge is 0.349 e. The van der Waals surface area contributed by atoms with E-state index in [0.717, 1.165) is 6.07 Å². The van der Waals surface area contributed by atoms with E-state index in [1.807, 2.05) is 0 Å². The molecule has 0 aliphatic carbocycles. The number of carbonyl (C=O) groups excluding carboxylic acids is 1. The number of hydrogen-bond donors (Lipinski definition) is 1. The summed E-state index contributed by atoms with van der Waals surface area (Å²) < 4.78 is 28.0. The number of nitrogens with zero attached hydrogens (tertiary/aromatic N) is 2. The molecule has 106 valence electrons. The van der Waals surface area contributed by atoms with Crippen LogP contribution in [0.3, 0.4) is 0 Å². The van der Waals surface area contributed by atoms with E-state index < -0.39 is 17.7 Å². The molecular weight excluding hydrogens is 264 g/mol. The molecular formula is C14H15F2N3O. The Morgan fingerprint density at radius 3 is 2.90 bits per heavy atom. The molecule has 1 atom stereocenters. The Labute approximate surface area is 115 Å². The fourth-order valence-electron chi connectivity index (χ4n) is 1.89. The first-order valence-electron chi connectivity index (χ1n) is 6.28. The van der Waals surface area contributed by atoms with E-state index >= 15 is 0 Å². The van der Waals surface area contributed by atoms with Gasteiger partial charge in [0.1, 0.15) is 11.6 Å². The van der Waals surface area contributed by atoms with Gasteiger partial charge in [0.25, 0.3) is 0 Å². The Morgan fingerprint density at radius 2 is 2.25 bits per heavy atom. The van der Waals surface area contributed by atoms with Crippen LogP contribution in [0.5, 0.6) is 0 Å². The van der Waals surface area contributed by atoms with Gasteiger partial charge in [-0.15, -0.1) is 0 Å². The van der Waals surface area contributed by atoms with Crippen LogP contribution in [-0.4, -0.2) is 15.7 Å². The Kier molecular flexibility index (Phi) is 4.45. The third-order valence-corrected chi connectivity index (χ3v) is 2.93. The van der Waals surface area contributed by atoms with E-state index in [4.69, 9.17) is 0 Å². The number of carbonyl (C=O) groups is 1. The SMILES string of the molecule is CC(NC(=O)CCn1cccn1)c1ccc(F)cc1F. The average molecular weight is 279 g/mol. The number of nitrogens with one attached hydrogen (secondary N) is 1. The Balaban J connectivity index is 1.90. The van der Waals surface area contributed by atoms with Crippen molar-refractivity contribution in [2.45, 2.75) is 25.9 Å². The minimum atomic E-state index is -0.662. The summed E-state index contributed by atoms with van der Waals surface area (Å²) in [5, 5.41) is 6.66. The Bertz CT molecular complexity index is 584. The molecule has 4 nitrogen and oxygen atoms in total. The normalized spacial score (nSPS) is 12.2. The molecule has 20 heavy (non-hydrogen) atoms. The maximum absolute atomic E-state index is 13.6. The van der Waals surface area contributed by atoms with Crippen molar-refractivity contribution in [2.24, 2.45) is 0 Å².